The van der Waals surface area contributed by atoms with Gasteiger partial charge in [0, 0.05) is 26.2 Å². The number of hydrogen-bond acceptors (Lipinski definition) is 3. The molecule has 0 bridgehead atoms. The van der Waals surface area contributed by atoms with E-state index in [1.165, 1.54) is 4.31 Å². The van der Waals surface area contributed by atoms with Crippen molar-refractivity contribution in [2.45, 2.75) is 31.6 Å². The van der Waals surface area contributed by atoms with Crippen molar-refractivity contribution in [3.8, 4) is 0 Å². The summed E-state index contributed by atoms with van der Waals surface area (Å²) in [5, 5.41) is 1.92. The molecule has 5 nitrogen and oxygen atoms in total. The maximum Gasteiger partial charge on any atom is 0.243 e. The first-order valence-electron chi connectivity index (χ1n) is 9.25. The lowest BCUT2D eigenvalue weighted by Gasteiger charge is -2.33. The highest BCUT2D eigenvalue weighted by atomic mass is 32.2. The molecule has 0 radical (unpaired) electrons. The maximum atomic E-state index is 13.1. The van der Waals surface area contributed by atoms with Gasteiger partial charge in [0.15, 0.2) is 0 Å². The molecule has 0 aliphatic carbocycles. The second kappa shape index (κ2) is 7.76. The molecule has 0 N–H and O–H groups in total. The lowest BCUT2D eigenvalue weighted by molar-refractivity contribution is -0.136. The van der Waals surface area contributed by atoms with Crippen molar-refractivity contribution in [2.24, 2.45) is 5.92 Å². The maximum absolute atomic E-state index is 13.1. The number of carbonyl (C=O) groups excluding carboxylic acids is 1. The third-order valence-corrected chi connectivity index (χ3v) is 7.03. The van der Waals surface area contributed by atoms with Gasteiger partial charge in [0.2, 0.25) is 15.9 Å². The Kier molecular flexibility index (Phi) is 5.63. The summed E-state index contributed by atoms with van der Waals surface area (Å²) in [7, 11) is -3.60. The van der Waals surface area contributed by atoms with Crippen molar-refractivity contribution in [1.82, 2.24) is 9.21 Å². The lowest BCUT2D eigenvalue weighted by Crippen LogP contribution is -2.46. The molecule has 1 aliphatic heterocycles. The largest absolute Gasteiger partial charge is 0.343 e. The summed E-state index contributed by atoms with van der Waals surface area (Å²) in [6.45, 7) is 5.95. The van der Waals surface area contributed by atoms with Crippen LogP contribution in [0, 0.1) is 5.92 Å². The van der Waals surface area contributed by atoms with Crippen LogP contribution in [0.5, 0.6) is 0 Å². The van der Waals surface area contributed by atoms with Gasteiger partial charge < -0.3 is 4.90 Å². The van der Waals surface area contributed by atoms with Crippen LogP contribution in [-0.4, -0.2) is 49.7 Å². The topological polar surface area (TPSA) is 57.7 Å². The second-order valence-electron chi connectivity index (χ2n) is 6.72. The van der Waals surface area contributed by atoms with E-state index in [1.54, 1.807) is 17.0 Å². The van der Waals surface area contributed by atoms with Crippen LogP contribution in [0.2, 0.25) is 0 Å². The second-order valence-corrected chi connectivity index (χ2v) is 8.66. The number of piperidine rings is 1. The molecule has 1 fully saturated rings. The molecule has 1 amide bonds. The van der Waals surface area contributed by atoms with Crippen LogP contribution in [0.3, 0.4) is 0 Å². The highest BCUT2D eigenvalue weighted by molar-refractivity contribution is 7.89. The SMILES string of the molecule is CCN(CC)C(=O)[C@@H]1CCCN(S(=O)(=O)c2ccc3ccccc3c2)C1. The average Bonchev–Trinajstić information content (AvgIpc) is 2.68. The van der Waals surface area contributed by atoms with Gasteiger partial charge in [0.05, 0.1) is 10.8 Å². The molecule has 1 aliphatic rings. The molecular weight excluding hydrogens is 348 g/mol. The van der Waals surface area contributed by atoms with E-state index in [-0.39, 0.29) is 18.4 Å². The van der Waals surface area contributed by atoms with E-state index in [4.69, 9.17) is 0 Å². The fraction of sp³-hybridized carbons (Fsp3) is 0.450. The molecule has 0 saturated carbocycles. The summed E-state index contributed by atoms with van der Waals surface area (Å²) in [5.74, 6) is -0.188. The van der Waals surface area contributed by atoms with Gasteiger partial charge in [-0.3, -0.25) is 4.79 Å². The average molecular weight is 375 g/mol. The Balaban J connectivity index is 1.85. The summed E-state index contributed by atoms with van der Waals surface area (Å²) in [5.41, 5.74) is 0. The Bertz CT molecular complexity index is 891. The monoisotopic (exact) mass is 374 g/mol. The third kappa shape index (κ3) is 3.62. The highest BCUT2D eigenvalue weighted by Crippen LogP contribution is 2.27. The van der Waals surface area contributed by atoms with Gasteiger partial charge in [-0.15, -0.1) is 0 Å². The van der Waals surface area contributed by atoms with Gasteiger partial charge in [0.1, 0.15) is 0 Å². The number of fused-ring (bicyclic) bond motifs is 1. The fourth-order valence-electron chi connectivity index (χ4n) is 3.63. The van der Waals surface area contributed by atoms with Crippen molar-refractivity contribution >= 4 is 26.7 Å². The number of carbonyl (C=O) groups is 1. The number of hydrogen-bond donors (Lipinski definition) is 0. The Morgan fingerprint density at radius 2 is 1.81 bits per heavy atom. The quantitative estimate of drug-likeness (QED) is 0.808. The molecule has 0 spiro atoms. The Morgan fingerprint density at radius 3 is 2.50 bits per heavy atom. The predicted molar refractivity (Wildman–Crippen MR) is 103 cm³/mol. The Morgan fingerprint density at radius 1 is 1.12 bits per heavy atom. The molecule has 2 aromatic carbocycles. The van der Waals surface area contributed by atoms with Crippen LogP contribution < -0.4 is 0 Å². The molecule has 26 heavy (non-hydrogen) atoms. The minimum Gasteiger partial charge on any atom is -0.343 e. The lowest BCUT2D eigenvalue weighted by atomic mass is 9.98. The molecule has 1 atom stereocenters. The molecule has 6 heteroatoms. The standard InChI is InChI=1S/C20H26N2O3S/c1-3-21(4-2)20(23)18-10-7-13-22(15-18)26(24,25)19-12-11-16-8-5-6-9-17(16)14-19/h5-6,8-9,11-12,14,18H,3-4,7,10,13,15H2,1-2H3/t18-/m1/s1. The van der Waals surface area contributed by atoms with E-state index in [0.29, 0.717) is 31.0 Å². The summed E-state index contributed by atoms with van der Waals surface area (Å²) < 4.78 is 27.7. The van der Waals surface area contributed by atoms with Crippen molar-refractivity contribution < 1.29 is 13.2 Å². The first-order valence-corrected chi connectivity index (χ1v) is 10.7. The molecule has 0 unspecified atom stereocenters. The smallest absolute Gasteiger partial charge is 0.243 e. The number of benzene rings is 2. The van der Waals surface area contributed by atoms with Crippen LogP contribution in [-0.2, 0) is 14.8 Å². The van der Waals surface area contributed by atoms with Crippen molar-refractivity contribution in [3.05, 3.63) is 42.5 Å². The van der Waals surface area contributed by atoms with Crippen LogP contribution >= 0.6 is 0 Å². The summed E-state index contributed by atoms with van der Waals surface area (Å²) in [4.78, 5) is 14.7. The third-order valence-electron chi connectivity index (χ3n) is 5.17. The van der Waals surface area contributed by atoms with Gasteiger partial charge in [-0.2, -0.15) is 4.31 Å². The van der Waals surface area contributed by atoms with Gasteiger partial charge >= 0.3 is 0 Å². The van der Waals surface area contributed by atoms with Gasteiger partial charge in [-0.25, -0.2) is 8.42 Å². The zero-order chi connectivity index (χ0) is 18.7. The van der Waals surface area contributed by atoms with Gasteiger partial charge in [-0.1, -0.05) is 30.3 Å². The Labute approximate surface area is 155 Å². The van der Waals surface area contributed by atoms with E-state index < -0.39 is 10.0 Å². The molecule has 0 aromatic heterocycles. The first kappa shape index (κ1) is 18.9. The molecule has 1 saturated heterocycles. The zero-order valence-corrected chi connectivity index (χ0v) is 16.2. The summed E-state index contributed by atoms with van der Waals surface area (Å²) in [6, 6.07) is 12.9. The number of rotatable bonds is 5. The fourth-order valence-corrected chi connectivity index (χ4v) is 5.19. The normalized spacial score (nSPS) is 18.8. The summed E-state index contributed by atoms with van der Waals surface area (Å²) in [6.07, 6.45) is 1.46. The van der Waals surface area contributed by atoms with Crippen LogP contribution in [0.1, 0.15) is 26.7 Å². The van der Waals surface area contributed by atoms with Gasteiger partial charge in [0.25, 0.3) is 0 Å². The molecule has 3 rings (SSSR count). The minimum atomic E-state index is -3.60. The van der Waals surface area contributed by atoms with Crippen LogP contribution in [0.25, 0.3) is 10.8 Å². The zero-order valence-electron chi connectivity index (χ0n) is 15.4. The van der Waals surface area contributed by atoms with Gasteiger partial charge in [-0.05, 0) is 49.6 Å². The van der Waals surface area contributed by atoms with Crippen molar-refractivity contribution in [2.75, 3.05) is 26.2 Å². The van der Waals surface area contributed by atoms with Crippen molar-refractivity contribution in [1.29, 1.82) is 0 Å². The van der Waals surface area contributed by atoms with E-state index in [1.807, 2.05) is 44.2 Å². The van der Waals surface area contributed by atoms with E-state index in [0.717, 1.165) is 17.2 Å². The van der Waals surface area contributed by atoms with E-state index >= 15 is 0 Å². The van der Waals surface area contributed by atoms with Crippen LogP contribution in [0.15, 0.2) is 47.4 Å². The Hall–Kier alpha value is -1.92. The predicted octanol–water partition coefficient (Wildman–Crippen LogP) is 3.11. The van der Waals surface area contributed by atoms with Crippen LogP contribution in [0.4, 0.5) is 0 Å². The highest BCUT2D eigenvalue weighted by Gasteiger charge is 2.34. The number of sulfonamides is 1. The first-order chi connectivity index (χ1) is 12.5. The number of amides is 1. The number of nitrogens with zero attached hydrogens (tertiary/aromatic N) is 2. The molecule has 1 heterocycles. The summed E-state index contributed by atoms with van der Waals surface area (Å²) >= 11 is 0. The molecular formula is C20H26N2O3S. The molecule has 140 valence electrons. The van der Waals surface area contributed by atoms with E-state index in [9.17, 15) is 13.2 Å². The van der Waals surface area contributed by atoms with E-state index in [2.05, 4.69) is 0 Å². The van der Waals surface area contributed by atoms with Crippen molar-refractivity contribution in [3.63, 3.8) is 0 Å². The minimum absolute atomic E-state index is 0.0633. The molecule has 2 aromatic rings.